The number of hydrogen-bond acceptors (Lipinski definition) is 2. The summed E-state index contributed by atoms with van der Waals surface area (Å²) in [4.78, 5) is 0. The molecule has 1 fully saturated rings. The Bertz CT molecular complexity index is 314. The summed E-state index contributed by atoms with van der Waals surface area (Å²) >= 11 is 0. The molecule has 2 heteroatoms. The Morgan fingerprint density at radius 2 is 1.61 bits per heavy atom. The van der Waals surface area contributed by atoms with Crippen LogP contribution in [0.4, 0.5) is 0 Å². The Labute approximate surface area is 145 Å². The molecule has 0 aromatic heterocycles. The Balaban J connectivity index is 2.39. The summed E-state index contributed by atoms with van der Waals surface area (Å²) in [5.41, 5.74) is 1.46. The van der Waals surface area contributed by atoms with Gasteiger partial charge in [0.25, 0.3) is 0 Å². The van der Waals surface area contributed by atoms with Gasteiger partial charge in [0.1, 0.15) is 0 Å². The number of allylic oxidation sites excluding steroid dienone is 2. The van der Waals surface area contributed by atoms with Gasteiger partial charge in [-0.3, -0.25) is 0 Å². The summed E-state index contributed by atoms with van der Waals surface area (Å²) in [5, 5.41) is 0. The normalized spacial score (nSPS) is 22.8. The van der Waals surface area contributed by atoms with Crippen molar-refractivity contribution >= 4 is 0 Å². The molecule has 1 aliphatic carbocycles. The lowest BCUT2D eigenvalue weighted by Gasteiger charge is -2.31. The van der Waals surface area contributed by atoms with E-state index in [-0.39, 0.29) is 0 Å². The average Bonchev–Trinajstić information content (AvgIpc) is 2.58. The summed E-state index contributed by atoms with van der Waals surface area (Å²) in [5.74, 6) is 2.99. The molecule has 0 aromatic carbocycles. The van der Waals surface area contributed by atoms with Crippen molar-refractivity contribution < 1.29 is 9.47 Å². The molecule has 0 aliphatic heterocycles. The van der Waals surface area contributed by atoms with Crippen LogP contribution in [0.1, 0.15) is 91.4 Å². The third kappa shape index (κ3) is 8.24. The van der Waals surface area contributed by atoms with Gasteiger partial charge in [0.15, 0.2) is 0 Å². The molecule has 0 unspecified atom stereocenters. The molecule has 0 saturated heterocycles. The van der Waals surface area contributed by atoms with Gasteiger partial charge in [-0.1, -0.05) is 39.5 Å². The smallest absolute Gasteiger partial charge is 0.0979 e. The zero-order chi connectivity index (χ0) is 16.9. The molecule has 1 rings (SSSR count). The molecule has 0 bridgehead atoms. The van der Waals surface area contributed by atoms with Gasteiger partial charge in [0.05, 0.1) is 12.4 Å². The third-order valence-electron chi connectivity index (χ3n) is 5.38. The van der Waals surface area contributed by atoms with Crippen LogP contribution in [0.3, 0.4) is 0 Å². The van der Waals surface area contributed by atoms with Gasteiger partial charge in [0.2, 0.25) is 0 Å². The van der Waals surface area contributed by atoms with Crippen LogP contribution >= 0.6 is 0 Å². The number of hydrogen-bond donors (Lipinski definition) is 0. The molecule has 23 heavy (non-hydrogen) atoms. The van der Waals surface area contributed by atoms with Crippen molar-refractivity contribution in [1.29, 1.82) is 0 Å². The first-order valence-electron chi connectivity index (χ1n) is 10.0. The summed E-state index contributed by atoms with van der Waals surface area (Å²) in [7, 11) is 1.77. The Hall–Kier alpha value is -0.500. The maximum absolute atomic E-state index is 6.24. The largest absolute Gasteiger partial charge is 0.498 e. The molecule has 0 atom stereocenters. The SMILES string of the molecule is CCCCCC1CCC(/C(OCCCCOC)=C(\C)CC)CC1. The second-order valence-electron chi connectivity index (χ2n) is 7.26. The molecule has 1 saturated carbocycles. The fraction of sp³-hybridized carbons (Fsp3) is 0.905. The molecule has 0 heterocycles. The van der Waals surface area contributed by atoms with Crippen molar-refractivity contribution in [3.63, 3.8) is 0 Å². The third-order valence-corrected chi connectivity index (χ3v) is 5.38. The Morgan fingerprint density at radius 1 is 0.913 bits per heavy atom. The standard InChI is InChI=1S/C21H40O2/c1-5-7-8-11-19-12-14-20(15-13-19)21(18(3)6-2)23-17-10-9-16-22-4/h19-20H,5-17H2,1-4H3/b21-18-. The highest BCUT2D eigenvalue weighted by Crippen LogP contribution is 2.37. The van der Waals surface area contributed by atoms with Gasteiger partial charge in [-0.05, 0) is 63.4 Å². The molecule has 0 N–H and O–H groups in total. The highest BCUT2D eigenvalue weighted by Gasteiger charge is 2.25. The molecular formula is C21H40O2. The van der Waals surface area contributed by atoms with E-state index in [2.05, 4.69) is 20.8 Å². The van der Waals surface area contributed by atoms with Crippen molar-refractivity contribution in [1.82, 2.24) is 0 Å². The van der Waals surface area contributed by atoms with E-state index in [1.165, 1.54) is 62.7 Å². The van der Waals surface area contributed by atoms with Crippen LogP contribution in [0.5, 0.6) is 0 Å². The zero-order valence-electron chi connectivity index (χ0n) is 16.2. The van der Waals surface area contributed by atoms with E-state index in [1.807, 2.05) is 0 Å². The second-order valence-corrected chi connectivity index (χ2v) is 7.26. The van der Waals surface area contributed by atoms with Crippen molar-refractivity contribution in [2.75, 3.05) is 20.3 Å². The van der Waals surface area contributed by atoms with Gasteiger partial charge in [-0.25, -0.2) is 0 Å². The first-order chi connectivity index (χ1) is 11.2. The van der Waals surface area contributed by atoms with E-state index in [0.717, 1.165) is 38.4 Å². The van der Waals surface area contributed by atoms with Crippen molar-refractivity contribution in [2.24, 2.45) is 11.8 Å². The van der Waals surface area contributed by atoms with Crippen LogP contribution < -0.4 is 0 Å². The fourth-order valence-electron chi connectivity index (χ4n) is 3.69. The zero-order valence-corrected chi connectivity index (χ0v) is 16.2. The highest BCUT2D eigenvalue weighted by molar-refractivity contribution is 5.10. The van der Waals surface area contributed by atoms with Crippen molar-refractivity contribution in [2.45, 2.75) is 91.4 Å². The lowest BCUT2D eigenvalue weighted by atomic mass is 9.78. The summed E-state index contributed by atoms with van der Waals surface area (Å²) in [6, 6.07) is 0. The molecular weight excluding hydrogens is 284 g/mol. The summed E-state index contributed by atoms with van der Waals surface area (Å²) in [6.07, 6.45) is 14.4. The van der Waals surface area contributed by atoms with Crippen molar-refractivity contribution in [3.8, 4) is 0 Å². The molecule has 2 nitrogen and oxygen atoms in total. The highest BCUT2D eigenvalue weighted by atomic mass is 16.5. The molecule has 136 valence electrons. The monoisotopic (exact) mass is 324 g/mol. The minimum absolute atomic E-state index is 0.680. The predicted octanol–water partition coefficient (Wildman–Crippen LogP) is 6.50. The van der Waals surface area contributed by atoms with Gasteiger partial charge in [-0.2, -0.15) is 0 Å². The number of methoxy groups -OCH3 is 1. The van der Waals surface area contributed by atoms with E-state index in [0.29, 0.717) is 5.92 Å². The Morgan fingerprint density at radius 3 is 2.22 bits per heavy atom. The second kappa shape index (κ2) is 12.9. The summed E-state index contributed by atoms with van der Waals surface area (Å²) in [6.45, 7) is 8.51. The molecule has 0 spiro atoms. The molecule has 0 aromatic rings. The molecule has 1 aliphatic rings. The number of unbranched alkanes of at least 4 members (excludes halogenated alkanes) is 3. The van der Waals surface area contributed by atoms with Gasteiger partial charge < -0.3 is 9.47 Å². The average molecular weight is 325 g/mol. The van der Waals surface area contributed by atoms with Crippen LogP contribution in [0.15, 0.2) is 11.3 Å². The Kier molecular flexibility index (Phi) is 11.5. The van der Waals surface area contributed by atoms with E-state index in [1.54, 1.807) is 7.11 Å². The molecule has 0 radical (unpaired) electrons. The minimum Gasteiger partial charge on any atom is -0.498 e. The fourth-order valence-corrected chi connectivity index (χ4v) is 3.69. The number of rotatable bonds is 12. The van der Waals surface area contributed by atoms with Gasteiger partial charge >= 0.3 is 0 Å². The van der Waals surface area contributed by atoms with E-state index < -0.39 is 0 Å². The van der Waals surface area contributed by atoms with Gasteiger partial charge in [0, 0.05) is 19.6 Å². The minimum atomic E-state index is 0.680. The van der Waals surface area contributed by atoms with Crippen LogP contribution in [0.25, 0.3) is 0 Å². The van der Waals surface area contributed by atoms with E-state index in [9.17, 15) is 0 Å². The van der Waals surface area contributed by atoms with Crippen LogP contribution in [0, 0.1) is 11.8 Å². The number of ether oxygens (including phenoxy) is 2. The quantitative estimate of drug-likeness (QED) is 0.301. The van der Waals surface area contributed by atoms with Crippen molar-refractivity contribution in [3.05, 3.63) is 11.3 Å². The summed E-state index contributed by atoms with van der Waals surface area (Å²) < 4.78 is 11.4. The first-order valence-corrected chi connectivity index (χ1v) is 10.0. The lowest BCUT2D eigenvalue weighted by molar-refractivity contribution is 0.130. The maximum Gasteiger partial charge on any atom is 0.0979 e. The lowest BCUT2D eigenvalue weighted by Crippen LogP contribution is -2.19. The van der Waals surface area contributed by atoms with E-state index >= 15 is 0 Å². The van der Waals surface area contributed by atoms with Crippen LogP contribution in [-0.2, 0) is 9.47 Å². The topological polar surface area (TPSA) is 18.5 Å². The first kappa shape index (κ1) is 20.5. The molecule has 0 amide bonds. The predicted molar refractivity (Wildman–Crippen MR) is 99.6 cm³/mol. The maximum atomic E-state index is 6.24. The van der Waals surface area contributed by atoms with Gasteiger partial charge in [-0.15, -0.1) is 0 Å². The van der Waals surface area contributed by atoms with Crippen LogP contribution in [-0.4, -0.2) is 20.3 Å². The van der Waals surface area contributed by atoms with Crippen LogP contribution in [0.2, 0.25) is 0 Å². The van der Waals surface area contributed by atoms with E-state index in [4.69, 9.17) is 9.47 Å².